The van der Waals surface area contributed by atoms with Gasteiger partial charge in [-0.2, -0.15) is 0 Å². The summed E-state index contributed by atoms with van der Waals surface area (Å²) in [4.78, 5) is 9.08. The summed E-state index contributed by atoms with van der Waals surface area (Å²) in [6.45, 7) is 5.66. The zero-order valence-electron chi connectivity index (χ0n) is 8.45. The highest BCUT2D eigenvalue weighted by atomic mass is 31.2. The minimum Gasteiger partial charge on any atom is -0.328 e. The molecule has 1 saturated heterocycles. The molecule has 1 N–H and O–H groups in total. The van der Waals surface area contributed by atoms with E-state index in [-0.39, 0.29) is 5.41 Å². The lowest BCUT2D eigenvalue weighted by Gasteiger charge is -2.36. The molecule has 0 aromatic rings. The Hall–Kier alpha value is 0.310. The van der Waals surface area contributed by atoms with Crippen molar-refractivity contribution in [3.8, 4) is 0 Å². The number of unbranched alkanes of at least 4 members (excludes halogenated alkanes) is 1. The lowest BCUT2D eigenvalue weighted by molar-refractivity contribution is 0.00589. The van der Waals surface area contributed by atoms with Crippen LogP contribution in [-0.4, -0.2) is 18.1 Å². The van der Waals surface area contributed by atoms with E-state index >= 15 is 0 Å². The Bertz CT molecular complexity index is 138. The standard InChI is InChI=1S/C9H19O3P/c1-3-5-6-9(4-2)7-11-13(10)12-8-9/h10H,3-8H2,1-2H3. The Morgan fingerprint density at radius 1 is 1.31 bits per heavy atom. The predicted octanol–water partition coefficient (Wildman–Crippen LogP) is 2.84. The van der Waals surface area contributed by atoms with Gasteiger partial charge in [-0.3, -0.25) is 0 Å². The molecule has 0 aliphatic carbocycles. The third-order valence-corrected chi connectivity index (χ3v) is 3.47. The molecule has 1 heterocycles. The van der Waals surface area contributed by atoms with Gasteiger partial charge in [0.2, 0.25) is 0 Å². The average Bonchev–Trinajstić information content (AvgIpc) is 2.18. The smallest absolute Gasteiger partial charge is 0.328 e. The summed E-state index contributed by atoms with van der Waals surface area (Å²) >= 11 is 0. The first-order chi connectivity index (χ1) is 6.22. The molecule has 1 aliphatic rings. The van der Waals surface area contributed by atoms with Gasteiger partial charge in [-0.25, -0.2) is 0 Å². The van der Waals surface area contributed by atoms with Crippen LogP contribution >= 0.6 is 8.60 Å². The van der Waals surface area contributed by atoms with Crippen LogP contribution in [0.5, 0.6) is 0 Å². The maximum atomic E-state index is 9.08. The third-order valence-electron chi connectivity index (χ3n) is 2.77. The van der Waals surface area contributed by atoms with Crippen molar-refractivity contribution < 1.29 is 13.9 Å². The Balaban J connectivity index is 2.40. The van der Waals surface area contributed by atoms with Gasteiger partial charge in [0.15, 0.2) is 0 Å². The molecule has 0 aromatic heterocycles. The Morgan fingerprint density at radius 3 is 2.38 bits per heavy atom. The van der Waals surface area contributed by atoms with Crippen molar-refractivity contribution in [2.75, 3.05) is 13.2 Å². The highest BCUT2D eigenvalue weighted by Gasteiger charge is 2.34. The van der Waals surface area contributed by atoms with Crippen LogP contribution in [0.1, 0.15) is 39.5 Å². The summed E-state index contributed by atoms with van der Waals surface area (Å²) in [5.74, 6) is 0. The maximum Gasteiger partial charge on any atom is 0.329 e. The van der Waals surface area contributed by atoms with Gasteiger partial charge in [-0.15, -0.1) is 0 Å². The molecule has 0 atom stereocenters. The minimum absolute atomic E-state index is 0.164. The van der Waals surface area contributed by atoms with Gasteiger partial charge in [0.05, 0.1) is 13.2 Å². The minimum atomic E-state index is -1.57. The van der Waals surface area contributed by atoms with E-state index in [0.717, 1.165) is 12.8 Å². The van der Waals surface area contributed by atoms with Crippen molar-refractivity contribution in [1.82, 2.24) is 0 Å². The van der Waals surface area contributed by atoms with Gasteiger partial charge in [0.25, 0.3) is 0 Å². The summed E-state index contributed by atoms with van der Waals surface area (Å²) < 4.78 is 10.4. The van der Waals surface area contributed by atoms with E-state index in [4.69, 9.17) is 13.9 Å². The number of hydrogen-bond donors (Lipinski definition) is 1. The fraction of sp³-hybridized carbons (Fsp3) is 1.00. The molecule has 0 spiro atoms. The monoisotopic (exact) mass is 206 g/mol. The molecule has 1 fully saturated rings. The van der Waals surface area contributed by atoms with Crippen LogP contribution in [0.4, 0.5) is 0 Å². The Labute approximate surface area is 81.4 Å². The summed E-state index contributed by atoms with van der Waals surface area (Å²) in [5.41, 5.74) is 0.164. The van der Waals surface area contributed by atoms with Crippen molar-refractivity contribution in [1.29, 1.82) is 0 Å². The molecule has 13 heavy (non-hydrogen) atoms. The summed E-state index contributed by atoms with van der Waals surface area (Å²) in [5, 5.41) is 0. The molecule has 1 aliphatic heterocycles. The predicted molar refractivity (Wildman–Crippen MR) is 53.3 cm³/mol. The van der Waals surface area contributed by atoms with Crippen LogP contribution < -0.4 is 0 Å². The van der Waals surface area contributed by atoms with E-state index in [2.05, 4.69) is 13.8 Å². The molecule has 0 bridgehead atoms. The van der Waals surface area contributed by atoms with E-state index in [1.54, 1.807) is 0 Å². The highest BCUT2D eigenvalue weighted by Crippen LogP contribution is 2.45. The van der Waals surface area contributed by atoms with Gasteiger partial charge in [-0.05, 0) is 12.8 Å². The van der Waals surface area contributed by atoms with Gasteiger partial charge >= 0.3 is 8.60 Å². The topological polar surface area (TPSA) is 38.7 Å². The van der Waals surface area contributed by atoms with Gasteiger partial charge in [-0.1, -0.05) is 26.7 Å². The second-order valence-electron chi connectivity index (χ2n) is 3.74. The Kier molecular flexibility index (Phi) is 4.60. The molecule has 0 aromatic carbocycles. The molecule has 0 amide bonds. The summed E-state index contributed by atoms with van der Waals surface area (Å²) in [6, 6.07) is 0. The molecule has 78 valence electrons. The number of rotatable bonds is 4. The fourth-order valence-electron chi connectivity index (χ4n) is 1.54. The van der Waals surface area contributed by atoms with E-state index in [9.17, 15) is 0 Å². The lowest BCUT2D eigenvalue weighted by Crippen LogP contribution is -2.34. The highest BCUT2D eigenvalue weighted by molar-refractivity contribution is 7.40. The fourth-order valence-corrected chi connectivity index (χ4v) is 2.38. The molecule has 3 nitrogen and oxygen atoms in total. The maximum absolute atomic E-state index is 9.08. The molecule has 0 saturated carbocycles. The Morgan fingerprint density at radius 2 is 1.92 bits per heavy atom. The third kappa shape index (κ3) is 3.17. The first kappa shape index (κ1) is 11.4. The summed E-state index contributed by atoms with van der Waals surface area (Å²) in [7, 11) is -1.57. The molecular weight excluding hydrogens is 187 g/mol. The van der Waals surface area contributed by atoms with E-state index in [1.807, 2.05) is 0 Å². The number of hydrogen-bond acceptors (Lipinski definition) is 3. The first-order valence-electron chi connectivity index (χ1n) is 4.97. The van der Waals surface area contributed by atoms with E-state index in [1.165, 1.54) is 12.8 Å². The van der Waals surface area contributed by atoms with Crippen molar-refractivity contribution in [2.45, 2.75) is 39.5 Å². The van der Waals surface area contributed by atoms with Crippen molar-refractivity contribution in [3.63, 3.8) is 0 Å². The normalized spacial score (nSPS) is 34.8. The average molecular weight is 206 g/mol. The molecule has 4 heteroatoms. The second-order valence-corrected chi connectivity index (χ2v) is 4.73. The zero-order valence-corrected chi connectivity index (χ0v) is 9.35. The van der Waals surface area contributed by atoms with Crippen LogP contribution in [-0.2, 0) is 9.05 Å². The largest absolute Gasteiger partial charge is 0.329 e. The van der Waals surface area contributed by atoms with Crippen molar-refractivity contribution in [3.05, 3.63) is 0 Å². The van der Waals surface area contributed by atoms with Crippen LogP contribution in [0.3, 0.4) is 0 Å². The lowest BCUT2D eigenvalue weighted by atomic mass is 9.82. The molecule has 0 radical (unpaired) electrons. The second kappa shape index (κ2) is 5.26. The van der Waals surface area contributed by atoms with Crippen LogP contribution in [0, 0.1) is 5.41 Å². The zero-order chi connectivity index (χ0) is 9.73. The summed E-state index contributed by atoms with van der Waals surface area (Å²) in [6.07, 6.45) is 4.62. The first-order valence-corrected chi connectivity index (χ1v) is 6.10. The quantitative estimate of drug-likeness (QED) is 0.719. The molecule has 0 unspecified atom stereocenters. The van der Waals surface area contributed by atoms with Gasteiger partial charge in [0, 0.05) is 5.41 Å². The SMILES string of the molecule is CCCCC1(CC)COP(O)OC1. The van der Waals surface area contributed by atoms with E-state index < -0.39 is 8.60 Å². The van der Waals surface area contributed by atoms with Crippen molar-refractivity contribution in [2.24, 2.45) is 5.41 Å². The van der Waals surface area contributed by atoms with Gasteiger partial charge in [0.1, 0.15) is 0 Å². The molecular formula is C9H19O3P. The van der Waals surface area contributed by atoms with E-state index in [0.29, 0.717) is 13.2 Å². The van der Waals surface area contributed by atoms with Gasteiger partial charge < -0.3 is 13.9 Å². The molecule has 1 rings (SSSR count). The van der Waals surface area contributed by atoms with Crippen molar-refractivity contribution >= 4 is 8.60 Å². The van der Waals surface area contributed by atoms with Crippen LogP contribution in [0.2, 0.25) is 0 Å². The van der Waals surface area contributed by atoms with Crippen LogP contribution in [0.25, 0.3) is 0 Å². The van der Waals surface area contributed by atoms with Crippen LogP contribution in [0.15, 0.2) is 0 Å².